The Morgan fingerprint density at radius 3 is 1.14 bits per heavy atom. The van der Waals surface area contributed by atoms with Gasteiger partial charge in [-0.05, 0) is 92.4 Å². The summed E-state index contributed by atoms with van der Waals surface area (Å²) in [6.07, 6.45) is 4.94. The van der Waals surface area contributed by atoms with E-state index in [-0.39, 0.29) is 0 Å². The van der Waals surface area contributed by atoms with Crippen LogP contribution in [0.3, 0.4) is 0 Å². The lowest BCUT2D eigenvalue weighted by atomic mass is 9.85. The fourth-order valence-electron chi connectivity index (χ4n) is 7.10. The highest BCUT2D eigenvalue weighted by Gasteiger charge is 2.43. The summed E-state index contributed by atoms with van der Waals surface area (Å²) in [5, 5.41) is 3.33. The van der Waals surface area contributed by atoms with Gasteiger partial charge < -0.3 is 0 Å². The van der Waals surface area contributed by atoms with Crippen LogP contribution >= 0.6 is 0 Å². The third-order valence-corrected chi connectivity index (χ3v) is 12.1. The van der Waals surface area contributed by atoms with Gasteiger partial charge in [-0.2, -0.15) is 0 Å². The SMILES string of the molecule is CC1=C([Si](C)(C)C2=C(C)[CH]c3ccc(C(C)C)c(C(C)C)c32)c2c(ccc(C(C)C)c2C(C)C)[CH]1. The van der Waals surface area contributed by atoms with Gasteiger partial charge in [-0.3, -0.25) is 0 Å². The van der Waals surface area contributed by atoms with Crippen LogP contribution in [0.25, 0.3) is 10.4 Å². The average molecular weight is 483 g/mol. The van der Waals surface area contributed by atoms with E-state index in [4.69, 9.17) is 0 Å². The van der Waals surface area contributed by atoms with E-state index in [0.717, 1.165) is 0 Å². The average Bonchev–Trinajstić information content (AvgIpc) is 3.27. The molecule has 0 aromatic heterocycles. The highest BCUT2D eigenvalue weighted by Crippen LogP contribution is 2.53. The Labute approximate surface area is 217 Å². The third kappa shape index (κ3) is 4.12. The van der Waals surface area contributed by atoms with Crippen LogP contribution in [0.15, 0.2) is 35.4 Å². The van der Waals surface area contributed by atoms with Gasteiger partial charge in [0, 0.05) is 12.8 Å². The molecule has 0 atom stereocenters. The Bertz CT molecular complexity index is 1130. The molecule has 4 rings (SSSR count). The minimum Gasteiger partial charge on any atom is -0.0646 e. The van der Waals surface area contributed by atoms with Crippen molar-refractivity contribution in [3.8, 4) is 0 Å². The molecule has 0 N–H and O–H groups in total. The second kappa shape index (κ2) is 9.22. The van der Waals surface area contributed by atoms with E-state index in [1.165, 1.54) is 33.4 Å². The molecule has 0 spiro atoms. The summed E-state index contributed by atoms with van der Waals surface area (Å²) in [6.45, 7) is 28.9. The lowest BCUT2D eigenvalue weighted by Crippen LogP contribution is -2.32. The Morgan fingerprint density at radius 2 is 0.857 bits per heavy atom. The van der Waals surface area contributed by atoms with Crippen LogP contribution in [0.4, 0.5) is 0 Å². The molecule has 2 aromatic rings. The summed E-state index contributed by atoms with van der Waals surface area (Å²) in [7, 11) is -2.04. The molecular formula is C34H46Si. The Kier molecular flexibility index (Phi) is 6.90. The van der Waals surface area contributed by atoms with Crippen LogP contribution in [-0.2, 0) is 0 Å². The minimum atomic E-state index is -2.04. The van der Waals surface area contributed by atoms with Crippen molar-refractivity contribution in [3.05, 3.63) is 92.8 Å². The van der Waals surface area contributed by atoms with Gasteiger partial charge in [-0.25, -0.2) is 0 Å². The third-order valence-electron chi connectivity index (χ3n) is 8.30. The Hall–Kier alpha value is -1.86. The zero-order chi connectivity index (χ0) is 26.0. The van der Waals surface area contributed by atoms with E-state index >= 15 is 0 Å². The van der Waals surface area contributed by atoms with Crippen LogP contribution in [0.5, 0.6) is 0 Å². The van der Waals surface area contributed by atoms with E-state index in [9.17, 15) is 0 Å². The summed E-state index contributed by atoms with van der Waals surface area (Å²) in [5.41, 5.74) is 15.2. The second-order valence-corrected chi connectivity index (χ2v) is 17.0. The molecule has 2 radical (unpaired) electrons. The van der Waals surface area contributed by atoms with E-state index in [1.807, 2.05) is 0 Å². The number of benzene rings is 2. The van der Waals surface area contributed by atoms with Crippen molar-refractivity contribution in [2.24, 2.45) is 0 Å². The van der Waals surface area contributed by atoms with Crippen LogP contribution < -0.4 is 0 Å². The highest BCUT2D eigenvalue weighted by molar-refractivity contribution is 7.09. The molecular weight excluding hydrogens is 436 g/mol. The molecule has 2 aliphatic carbocycles. The predicted octanol–water partition coefficient (Wildman–Crippen LogP) is 10.3. The number of rotatable bonds is 6. The van der Waals surface area contributed by atoms with Gasteiger partial charge in [0.15, 0.2) is 0 Å². The van der Waals surface area contributed by atoms with E-state index in [1.54, 1.807) is 32.6 Å². The standard InChI is InChI=1S/C34H46Si/c1-19(2)27-15-13-25-17-23(9)33(31(25)29(27)21(5)6)35(11,12)34-24(10)18-26-14-16-28(20(3)4)30(22(7)8)32(26)34/h13-22H,1-12H3. The van der Waals surface area contributed by atoms with Crippen molar-refractivity contribution in [3.63, 3.8) is 0 Å². The number of allylic oxidation sites excluding steroid dienone is 2. The molecule has 0 saturated carbocycles. The molecule has 0 bridgehead atoms. The van der Waals surface area contributed by atoms with Crippen LogP contribution in [-0.4, -0.2) is 8.07 Å². The maximum Gasteiger partial charge on any atom is 0.113 e. The smallest absolute Gasteiger partial charge is 0.0646 e. The molecule has 1 heteroatoms. The first-order chi connectivity index (χ1) is 16.3. The van der Waals surface area contributed by atoms with E-state index in [0.29, 0.717) is 23.7 Å². The Morgan fingerprint density at radius 1 is 0.514 bits per heavy atom. The number of fused-ring (bicyclic) bond motifs is 2. The van der Waals surface area contributed by atoms with Crippen LogP contribution in [0, 0.1) is 12.8 Å². The van der Waals surface area contributed by atoms with Gasteiger partial charge >= 0.3 is 0 Å². The van der Waals surface area contributed by atoms with Gasteiger partial charge in [0.25, 0.3) is 0 Å². The van der Waals surface area contributed by atoms with Crippen molar-refractivity contribution in [2.75, 3.05) is 0 Å². The molecule has 2 aliphatic rings. The normalized spacial score (nSPS) is 16.0. The lowest BCUT2D eigenvalue weighted by molar-refractivity contribution is 0.787. The molecule has 35 heavy (non-hydrogen) atoms. The molecule has 0 fully saturated rings. The number of hydrogen-bond donors (Lipinski definition) is 0. The first kappa shape index (κ1) is 26.2. The molecule has 0 amide bonds. The van der Waals surface area contributed by atoms with Crippen molar-refractivity contribution in [1.82, 2.24) is 0 Å². The fraction of sp³-hybridized carbons (Fsp3) is 0.471. The topological polar surface area (TPSA) is 0 Å². The van der Waals surface area contributed by atoms with Gasteiger partial charge in [0.2, 0.25) is 0 Å². The maximum absolute atomic E-state index is 2.62. The van der Waals surface area contributed by atoms with Gasteiger partial charge in [-0.1, -0.05) is 104 Å². The monoisotopic (exact) mass is 482 g/mol. The first-order valence-electron chi connectivity index (χ1n) is 13.7. The Balaban J connectivity index is 2.01. The van der Waals surface area contributed by atoms with E-state index in [2.05, 4.69) is 119 Å². The van der Waals surface area contributed by atoms with Crippen LogP contribution in [0.2, 0.25) is 13.1 Å². The van der Waals surface area contributed by atoms with E-state index < -0.39 is 8.07 Å². The van der Waals surface area contributed by atoms with Crippen molar-refractivity contribution in [1.29, 1.82) is 0 Å². The quantitative estimate of drug-likeness (QED) is 0.359. The molecule has 0 unspecified atom stereocenters. The zero-order valence-corrected chi connectivity index (χ0v) is 25.3. The largest absolute Gasteiger partial charge is 0.113 e. The van der Waals surface area contributed by atoms with Crippen LogP contribution in [0.1, 0.15) is 137 Å². The first-order valence-corrected chi connectivity index (χ1v) is 16.7. The molecule has 0 aliphatic heterocycles. The van der Waals surface area contributed by atoms with Crippen molar-refractivity contribution < 1.29 is 0 Å². The van der Waals surface area contributed by atoms with Crippen molar-refractivity contribution >= 4 is 18.5 Å². The summed E-state index contributed by atoms with van der Waals surface area (Å²) in [4.78, 5) is 0. The van der Waals surface area contributed by atoms with Gasteiger partial charge in [0.05, 0.1) is 0 Å². The molecule has 0 nitrogen and oxygen atoms in total. The lowest BCUT2D eigenvalue weighted by Gasteiger charge is -2.34. The minimum absolute atomic E-state index is 0.512. The summed E-state index contributed by atoms with van der Waals surface area (Å²) in [5.74, 6) is 2.09. The molecule has 0 saturated heterocycles. The number of hydrogen-bond acceptors (Lipinski definition) is 0. The zero-order valence-electron chi connectivity index (χ0n) is 24.3. The fourth-order valence-corrected chi connectivity index (χ4v) is 11.3. The summed E-state index contributed by atoms with van der Waals surface area (Å²) >= 11 is 0. The second-order valence-electron chi connectivity index (χ2n) is 12.7. The maximum atomic E-state index is 2.62. The molecule has 186 valence electrons. The van der Waals surface area contributed by atoms with Gasteiger partial charge in [-0.15, -0.1) is 0 Å². The molecule has 0 heterocycles. The van der Waals surface area contributed by atoms with Crippen molar-refractivity contribution in [2.45, 2.75) is 106 Å². The summed E-state index contributed by atoms with van der Waals surface area (Å²) < 4.78 is 0. The predicted molar refractivity (Wildman–Crippen MR) is 159 cm³/mol. The summed E-state index contributed by atoms with van der Waals surface area (Å²) in [6, 6.07) is 9.58. The molecule has 2 aromatic carbocycles. The van der Waals surface area contributed by atoms with Gasteiger partial charge in [0.1, 0.15) is 8.07 Å². The highest BCUT2D eigenvalue weighted by atomic mass is 28.3.